The molecule has 0 saturated heterocycles. The third-order valence-electron chi connectivity index (χ3n) is 3.00. The summed E-state index contributed by atoms with van der Waals surface area (Å²) < 4.78 is 25.4. The maximum atomic E-state index is 12.7. The Morgan fingerprint density at radius 1 is 1.33 bits per heavy atom. The van der Waals surface area contributed by atoms with Crippen LogP contribution in [0, 0.1) is 23.3 Å². The molecular weight excluding hydrogens is 284 g/mol. The zero-order valence-electron chi connectivity index (χ0n) is 12.0. The number of allylic oxidation sites excluding steroid dienone is 3. The maximum absolute atomic E-state index is 12.7. The first-order chi connectivity index (χ1) is 9.72. The van der Waals surface area contributed by atoms with Crippen LogP contribution in [-0.4, -0.2) is 8.42 Å². The smallest absolute Gasteiger partial charge is 0.226 e. The van der Waals surface area contributed by atoms with Crippen LogP contribution in [0.5, 0.6) is 0 Å². The van der Waals surface area contributed by atoms with Crippen LogP contribution >= 0.6 is 0 Å². The Balaban J connectivity index is 2.97. The molecule has 4 nitrogen and oxygen atoms in total. The van der Waals surface area contributed by atoms with E-state index in [1.807, 2.05) is 26.8 Å². The van der Waals surface area contributed by atoms with Crippen molar-refractivity contribution in [2.75, 3.05) is 0 Å². The van der Waals surface area contributed by atoms with Gasteiger partial charge in [-0.15, -0.1) is 0 Å². The molecule has 0 unspecified atom stereocenters. The summed E-state index contributed by atoms with van der Waals surface area (Å²) in [6, 6.07) is 8.29. The fourth-order valence-electron chi connectivity index (χ4n) is 2.22. The van der Waals surface area contributed by atoms with Crippen molar-refractivity contribution in [3.63, 3.8) is 0 Å². The third-order valence-corrected chi connectivity index (χ3v) is 4.84. The van der Waals surface area contributed by atoms with E-state index in [0.29, 0.717) is 5.56 Å². The lowest BCUT2D eigenvalue weighted by Gasteiger charge is -2.14. The van der Waals surface area contributed by atoms with Crippen LogP contribution in [0.1, 0.15) is 26.3 Å². The zero-order chi connectivity index (χ0) is 15.8. The van der Waals surface area contributed by atoms with E-state index >= 15 is 0 Å². The van der Waals surface area contributed by atoms with E-state index < -0.39 is 15.3 Å². The minimum Gasteiger partial charge on any atom is -0.226 e. The fourth-order valence-corrected chi connectivity index (χ4v) is 4.16. The molecule has 0 amide bonds. The van der Waals surface area contributed by atoms with E-state index in [0.717, 1.165) is 0 Å². The number of nitrogens with zero attached hydrogens (tertiary/aromatic N) is 2. The van der Waals surface area contributed by atoms with Crippen LogP contribution in [0.15, 0.2) is 45.8 Å². The Kier molecular flexibility index (Phi) is 3.49. The lowest BCUT2D eigenvalue weighted by atomic mass is 9.93. The van der Waals surface area contributed by atoms with Crippen molar-refractivity contribution in [1.29, 1.82) is 5.26 Å². The van der Waals surface area contributed by atoms with E-state index in [4.69, 9.17) is 11.8 Å². The standard InChI is InChI=1S/C16H14N2O2S/c1-16(2,3)9-14-15(12(10-17)18-4)11-7-5-6-8-13(11)21(14,19)20/h5-9H,1-3H3/b14-9+,15-12+. The first-order valence-corrected chi connectivity index (χ1v) is 7.80. The highest BCUT2D eigenvalue weighted by molar-refractivity contribution is 7.96. The molecule has 0 bridgehead atoms. The van der Waals surface area contributed by atoms with Gasteiger partial charge in [-0.2, -0.15) is 0 Å². The summed E-state index contributed by atoms with van der Waals surface area (Å²) >= 11 is 0. The van der Waals surface area contributed by atoms with Gasteiger partial charge in [-0.05, 0) is 17.0 Å². The van der Waals surface area contributed by atoms with E-state index in [2.05, 4.69) is 4.85 Å². The Hall–Kier alpha value is -2.37. The molecule has 5 heteroatoms. The first-order valence-electron chi connectivity index (χ1n) is 6.32. The van der Waals surface area contributed by atoms with E-state index in [-0.39, 0.29) is 21.1 Å². The van der Waals surface area contributed by atoms with Crippen molar-refractivity contribution in [3.8, 4) is 6.07 Å². The van der Waals surface area contributed by atoms with Gasteiger partial charge >= 0.3 is 0 Å². The summed E-state index contributed by atoms with van der Waals surface area (Å²) in [6.07, 6.45) is 1.61. The predicted octanol–water partition coefficient (Wildman–Crippen LogP) is 3.56. The molecule has 1 aromatic carbocycles. The molecule has 0 atom stereocenters. The molecule has 0 fully saturated rings. The van der Waals surface area contributed by atoms with E-state index in [1.54, 1.807) is 24.3 Å². The fraction of sp³-hybridized carbons (Fsp3) is 0.250. The first kappa shape index (κ1) is 15.0. The SMILES string of the molecule is [C-]#[N+]/C(C#N)=C1/C(=C\C(C)(C)C)S(=O)(=O)c2ccccc21. The van der Waals surface area contributed by atoms with Gasteiger partial charge in [0.1, 0.15) is 0 Å². The Labute approximate surface area is 124 Å². The molecule has 0 saturated carbocycles. The van der Waals surface area contributed by atoms with Gasteiger partial charge in [0, 0.05) is 5.57 Å². The molecule has 1 aliphatic rings. The minimum absolute atomic E-state index is 0.0590. The molecule has 1 aromatic rings. The quantitative estimate of drug-likeness (QED) is 0.543. The third kappa shape index (κ3) is 2.49. The summed E-state index contributed by atoms with van der Waals surface area (Å²) in [7, 11) is -3.69. The zero-order valence-corrected chi connectivity index (χ0v) is 12.8. The Morgan fingerprint density at radius 2 is 1.95 bits per heavy atom. The summed E-state index contributed by atoms with van der Waals surface area (Å²) in [5.41, 5.74) is 0.0655. The summed E-state index contributed by atoms with van der Waals surface area (Å²) in [5, 5.41) is 9.15. The Bertz CT molecular complexity index is 839. The van der Waals surface area contributed by atoms with Crippen molar-refractivity contribution in [2.24, 2.45) is 5.41 Å². The van der Waals surface area contributed by atoms with E-state index in [9.17, 15) is 8.42 Å². The topological polar surface area (TPSA) is 62.3 Å². The minimum atomic E-state index is -3.69. The molecule has 1 aliphatic heterocycles. The second-order valence-corrected chi connectivity index (χ2v) is 7.71. The second kappa shape index (κ2) is 4.87. The molecule has 0 aromatic heterocycles. The van der Waals surface area contributed by atoms with Crippen LogP contribution < -0.4 is 0 Å². The molecule has 1 heterocycles. The number of benzene rings is 1. The van der Waals surface area contributed by atoms with Crippen LogP contribution in [-0.2, 0) is 9.84 Å². The summed E-state index contributed by atoms with van der Waals surface area (Å²) in [6.45, 7) is 12.8. The monoisotopic (exact) mass is 298 g/mol. The predicted molar refractivity (Wildman–Crippen MR) is 80.3 cm³/mol. The van der Waals surface area contributed by atoms with Gasteiger partial charge < -0.3 is 0 Å². The highest BCUT2D eigenvalue weighted by Gasteiger charge is 2.38. The van der Waals surface area contributed by atoms with Gasteiger partial charge in [-0.1, -0.05) is 45.0 Å². The van der Waals surface area contributed by atoms with Gasteiger partial charge in [0.2, 0.25) is 9.84 Å². The molecule has 106 valence electrons. The van der Waals surface area contributed by atoms with Gasteiger partial charge in [0.15, 0.2) is 0 Å². The van der Waals surface area contributed by atoms with Crippen molar-refractivity contribution >= 4 is 15.4 Å². The van der Waals surface area contributed by atoms with E-state index in [1.165, 1.54) is 6.07 Å². The van der Waals surface area contributed by atoms with Gasteiger partial charge in [-0.25, -0.2) is 18.5 Å². The normalized spacial score (nSPS) is 20.5. The highest BCUT2D eigenvalue weighted by Crippen LogP contribution is 2.46. The largest absolute Gasteiger partial charge is 0.270 e. The van der Waals surface area contributed by atoms with Gasteiger partial charge in [0.05, 0.1) is 22.4 Å². The Morgan fingerprint density at radius 3 is 2.48 bits per heavy atom. The number of fused-ring (bicyclic) bond motifs is 1. The number of hydrogen-bond acceptors (Lipinski definition) is 3. The van der Waals surface area contributed by atoms with Crippen LogP contribution in [0.2, 0.25) is 0 Å². The van der Waals surface area contributed by atoms with Gasteiger partial charge in [-0.3, -0.25) is 0 Å². The maximum Gasteiger partial charge on any atom is 0.270 e. The van der Waals surface area contributed by atoms with Crippen molar-refractivity contribution in [2.45, 2.75) is 25.7 Å². The summed E-state index contributed by atoms with van der Waals surface area (Å²) in [4.78, 5) is 3.41. The summed E-state index contributed by atoms with van der Waals surface area (Å²) in [5.74, 6) is 0. The molecule has 0 spiro atoms. The average molecular weight is 298 g/mol. The molecule has 0 radical (unpaired) electrons. The average Bonchev–Trinajstić information content (AvgIpc) is 2.61. The molecular formula is C16H14N2O2S. The lowest BCUT2D eigenvalue weighted by molar-refractivity contribution is 0.541. The number of rotatable bonds is 0. The number of nitriles is 1. The number of sulfone groups is 1. The van der Waals surface area contributed by atoms with Crippen LogP contribution in [0.3, 0.4) is 0 Å². The molecule has 2 rings (SSSR count). The highest BCUT2D eigenvalue weighted by atomic mass is 32.2. The molecule has 0 N–H and O–H groups in total. The van der Waals surface area contributed by atoms with Gasteiger partial charge in [0.25, 0.3) is 5.70 Å². The van der Waals surface area contributed by atoms with Crippen molar-refractivity contribution in [3.05, 3.63) is 57.9 Å². The lowest BCUT2D eigenvalue weighted by Crippen LogP contribution is -2.06. The van der Waals surface area contributed by atoms with Crippen molar-refractivity contribution < 1.29 is 8.42 Å². The number of hydrogen-bond donors (Lipinski definition) is 0. The molecule has 0 aliphatic carbocycles. The molecule has 21 heavy (non-hydrogen) atoms. The second-order valence-electron chi connectivity index (χ2n) is 5.82. The van der Waals surface area contributed by atoms with Crippen molar-refractivity contribution in [1.82, 2.24) is 0 Å². The van der Waals surface area contributed by atoms with Crippen LogP contribution in [0.4, 0.5) is 0 Å². The van der Waals surface area contributed by atoms with Crippen LogP contribution in [0.25, 0.3) is 10.4 Å².